The number of hydrogen-bond acceptors (Lipinski definition) is 12. The predicted octanol–water partition coefficient (Wildman–Crippen LogP) is 6.54. The fourth-order valence-corrected chi connectivity index (χ4v) is 7.22. The number of nitrogens with two attached hydrogens (primary N) is 1. The SMILES string of the molecule is CSOCCC1CCC(OC(=O)N2CCC(c3cnc(-c4c(-c5nn(C(C)C)c6ncnc(N)c56)noc4C4CC4)nc3)CC2)CC1. The van der Waals surface area contributed by atoms with Gasteiger partial charge < -0.3 is 24.1 Å². The lowest BCUT2D eigenvalue weighted by molar-refractivity contribution is 0.0315. The lowest BCUT2D eigenvalue weighted by atomic mass is 9.85. The van der Waals surface area contributed by atoms with E-state index in [-0.39, 0.29) is 30.1 Å². The van der Waals surface area contributed by atoms with Gasteiger partial charge in [0.05, 0.1) is 17.6 Å². The van der Waals surface area contributed by atoms with Gasteiger partial charge in [-0.25, -0.2) is 29.4 Å². The molecule has 13 nitrogen and oxygen atoms in total. The van der Waals surface area contributed by atoms with Crippen LogP contribution < -0.4 is 5.73 Å². The van der Waals surface area contributed by atoms with Crippen molar-refractivity contribution in [2.24, 2.45) is 5.92 Å². The van der Waals surface area contributed by atoms with Crippen LogP contribution in [0.4, 0.5) is 10.6 Å². The lowest BCUT2D eigenvalue weighted by Gasteiger charge is -2.34. The minimum absolute atomic E-state index is 0.0165. The Bertz CT molecular complexity index is 1690. The third-order valence-electron chi connectivity index (χ3n) is 9.81. The van der Waals surface area contributed by atoms with E-state index in [1.165, 1.54) is 18.4 Å². The highest BCUT2D eigenvalue weighted by Gasteiger charge is 2.36. The molecule has 0 aromatic carbocycles. The van der Waals surface area contributed by atoms with Crippen molar-refractivity contribution in [1.29, 1.82) is 0 Å². The molecule has 5 heterocycles. The number of amides is 1. The van der Waals surface area contributed by atoms with Crippen LogP contribution in [0.3, 0.4) is 0 Å². The van der Waals surface area contributed by atoms with E-state index in [0.717, 1.165) is 81.3 Å². The van der Waals surface area contributed by atoms with Crippen LogP contribution in [0.2, 0.25) is 0 Å². The molecular formula is C33H43N9O4S. The molecule has 250 valence electrons. The van der Waals surface area contributed by atoms with E-state index in [9.17, 15) is 4.79 Å². The molecule has 0 spiro atoms. The van der Waals surface area contributed by atoms with E-state index in [1.54, 1.807) is 0 Å². The summed E-state index contributed by atoms with van der Waals surface area (Å²) in [5.74, 6) is 2.86. The molecule has 1 amide bonds. The summed E-state index contributed by atoms with van der Waals surface area (Å²) >= 11 is 1.42. The van der Waals surface area contributed by atoms with Crippen molar-refractivity contribution in [2.45, 2.75) is 95.6 Å². The summed E-state index contributed by atoms with van der Waals surface area (Å²) in [7, 11) is 0. The molecule has 2 aliphatic carbocycles. The van der Waals surface area contributed by atoms with Gasteiger partial charge in [0.15, 0.2) is 17.2 Å². The number of aromatic nitrogens is 7. The number of nitrogen functional groups attached to an aromatic ring is 1. The number of carbonyl (C=O) groups is 1. The number of carbonyl (C=O) groups excluding carboxylic acids is 1. The van der Waals surface area contributed by atoms with Gasteiger partial charge in [-0.15, -0.1) is 0 Å². The van der Waals surface area contributed by atoms with Crippen LogP contribution >= 0.6 is 12.0 Å². The Kier molecular flexibility index (Phi) is 9.31. The highest BCUT2D eigenvalue weighted by molar-refractivity contribution is 7.93. The summed E-state index contributed by atoms with van der Waals surface area (Å²) in [5, 5.41) is 10.0. The molecule has 14 heteroatoms. The minimum Gasteiger partial charge on any atom is -0.446 e. The van der Waals surface area contributed by atoms with Crippen LogP contribution in [0.25, 0.3) is 33.8 Å². The minimum atomic E-state index is -0.185. The second-order valence-corrected chi connectivity index (χ2v) is 13.9. The number of rotatable bonds is 10. The zero-order valence-electron chi connectivity index (χ0n) is 27.3. The largest absolute Gasteiger partial charge is 0.446 e. The van der Waals surface area contributed by atoms with Gasteiger partial charge in [0, 0.05) is 43.7 Å². The van der Waals surface area contributed by atoms with E-state index in [4.69, 9.17) is 34.2 Å². The first-order valence-electron chi connectivity index (χ1n) is 16.8. The first-order valence-corrected chi connectivity index (χ1v) is 18.0. The predicted molar refractivity (Wildman–Crippen MR) is 178 cm³/mol. The summed E-state index contributed by atoms with van der Waals surface area (Å²) in [6.45, 7) is 6.18. The third-order valence-corrected chi connectivity index (χ3v) is 10.2. The van der Waals surface area contributed by atoms with Crippen molar-refractivity contribution in [3.8, 4) is 22.8 Å². The average Bonchev–Trinajstić information content (AvgIpc) is 3.71. The number of likely N-dealkylation sites (tertiary alicyclic amines) is 1. The van der Waals surface area contributed by atoms with Gasteiger partial charge in [-0.1, -0.05) is 5.16 Å². The Balaban J connectivity index is 1.02. The summed E-state index contributed by atoms with van der Waals surface area (Å²) in [5.41, 5.74) is 9.92. The number of hydrogen-bond donors (Lipinski definition) is 1. The standard InChI is InChI=1S/C33H43N9O4S/c1-19(2)42-32-26(30(34)37-18-38-32)27(39-42)28-25(29(46-40-28)22-6-7-22)31-35-16-23(17-36-31)21-10-13-41(14-11-21)33(43)45-24-8-4-20(5-9-24)12-15-44-47-3/h16-22,24H,4-15H2,1-3H3,(H2,34,37,38). The van der Waals surface area contributed by atoms with Crippen molar-refractivity contribution in [3.63, 3.8) is 0 Å². The maximum Gasteiger partial charge on any atom is 0.410 e. The zero-order chi connectivity index (χ0) is 32.5. The van der Waals surface area contributed by atoms with Crippen LogP contribution in [-0.2, 0) is 8.92 Å². The van der Waals surface area contributed by atoms with Gasteiger partial charge in [-0.05, 0) is 101 Å². The summed E-state index contributed by atoms with van der Waals surface area (Å²) < 4.78 is 19.1. The first-order chi connectivity index (χ1) is 22.9. The Morgan fingerprint density at radius 2 is 1.74 bits per heavy atom. The van der Waals surface area contributed by atoms with Crippen molar-refractivity contribution in [1.82, 2.24) is 39.8 Å². The second kappa shape index (κ2) is 13.8. The molecule has 0 unspecified atom stereocenters. The fourth-order valence-electron chi connectivity index (χ4n) is 6.95. The van der Waals surface area contributed by atoms with Crippen molar-refractivity contribution in [2.75, 3.05) is 31.7 Å². The molecule has 2 N–H and O–H groups in total. The summed E-state index contributed by atoms with van der Waals surface area (Å²) in [6.07, 6.45) is 15.9. The molecule has 2 saturated carbocycles. The monoisotopic (exact) mass is 661 g/mol. The smallest absolute Gasteiger partial charge is 0.410 e. The molecule has 3 aliphatic rings. The fraction of sp³-hybridized carbons (Fsp3) is 0.606. The van der Waals surface area contributed by atoms with Crippen LogP contribution in [-0.4, -0.2) is 77.9 Å². The molecule has 0 bridgehead atoms. The van der Waals surface area contributed by atoms with Crippen molar-refractivity contribution in [3.05, 3.63) is 30.0 Å². The van der Waals surface area contributed by atoms with Crippen LogP contribution in [0.5, 0.6) is 0 Å². The van der Waals surface area contributed by atoms with Gasteiger partial charge in [0.2, 0.25) is 0 Å². The van der Waals surface area contributed by atoms with Gasteiger partial charge in [0.25, 0.3) is 0 Å². The average molecular weight is 662 g/mol. The van der Waals surface area contributed by atoms with Gasteiger partial charge in [0.1, 0.15) is 29.6 Å². The maximum atomic E-state index is 13.0. The highest BCUT2D eigenvalue weighted by Crippen LogP contribution is 2.48. The maximum absolute atomic E-state index is 13.0. The molecule has 7 rings (SSSR count). The Morgan fingerprint density at radius 3 is 2.43 bits per heavy atom. The molecule has 3 fully saturated rings. The number of nitrogens with zero attached hydrogens (tertiary/aromatic N) is 8. The Labute approximate surface area is 278 Å². The Hall–Kier alpha value is -3.78. The normalized spacial score (nSPS) is 20.7. The number of ether oxygens (including phenoxy) is 1. The van der Waals surface area contributed by atoms with Crippen molar-refractivity contribution >= 4 is 35.0 Å². The summed E-state index contributed by atoms with van der Waals surface area (Å²) in [6, 6.07) is 0.0537. The zero-order valence-corrected chi connectivity index (χ0v) is 28.1. The molecule has 47 heavy (non-hydrogen) atoms. The molecule has 1 aliphatic heterocycles. The molecule has 1 saturated heterocycles. The quantitative estimate of drug-likeness (QED) is 0.145. The molecule has 0 radical (unpaired) electrons. The van der Waals surface area contributed by atoms with E-state index >= 15 is 0 Å². The number of fused-ring (bicyclic) bond motifs is 1. The van der Waals surface area contributed by atoms with Crippen LogP contribution in [0, 0.1) is 5.92 Å². The Morgan fingerprint density at radius 1 is 1.00 bits per heavy atom. The number of piperidine rings is 1. The highest BCUT2D eigenvalue weighted by atomic mass is 32.2. The molecule has 4 aromatic heterocycles. The van der Waals surface area contributed by atoms with Crippen LogP contribution in [0.1, 0.15) is 101 Å². The van der Waals surface area contributed by atoms with Gasteiger partial charge in [-0.2, -0.15) is 5.10 Å². The van der Waals surface area contributed by atoms with Gasteiger partial charge >= 0.3 is 6.09 Å². The van der Waals surface area contributed by atoms with E-state index in [1.807, 2.05) is 42.1 Å². The summed E-state index contributed by atoms with van der Waals surface area (Å²) in [4.78, 5) is 33.2. The first kappa shape index (κ1) is 31.8. The van der Waals surface area contributed by atoms with E-state index < -0.39 is 0 Å². The molecule has 0 atom stereocenters. The van der Waals surface area contributed by atoms with Crippen LogP contribution in [0.15, 0.2) is 23.2 Å². The molecule has 4 aromatic rings. The second-order valence-electron chi connectivity index (χ2n) is 13.3. The topological polar surface area (TPSA) is 160 Å². The van der Waals surface area contributed by atoms with Gasteiger partial charge in [-0.3, -0.25) is 0 Å². The molecular weight excluding hydrogens is 618 g/mol. The third kappa shape index (κ3) is 6.67. The van der Waals surface area contributed by atoms with Crippen molar-refractivity contribution < 1.29 is 18.2 Å². The number of anilines is 1. The van der Waals surface area contributed by atoms with E-state index in [2.05, 4.69) is 15.1 Å². The van der Waals surface area contributed by atoms with E-state index in [0.29, 0.717) is 53.1 Å². The lowest BCUT2D eigenvalue weighted by Crippen LogP contribution is -2.40.